The maximum Gasteiger partial charge on any atom is 0.107 e. The Kier molecular flexibility index (Phi) is 3.05. The van der Waals surface area contributed by atoms with Crippen molar-refractivity contribution >= 4 is 0 Å². The predicted molar refractivity (Wildman–Crippen MR) is 84.9 cm³/mol. The smallest absolute Gasteiger partial charge is 0.107 e. The van der Waals surface area contributed by atoms with Crippen LogP contribution in [0.4, 0.5) is 0 Å². The first kappa shape index (κ1) is 13.3. The van der Waals surface area contributed by atoms with Gasteiger partial charge in [0.05, 0.1) is 6.10 Å². The molecule has 2 bridgehead atoms. The van der Waals surface area contributed by atoms with E-state index in [1.54, 1.807) is 0 Å². The van der Waals surface area contributed by atoms with E-state index in [1.165, 1.54) is 17.6 Å². The molecule has 1 spiro atoms. The highest BCUT2D eigenvalue weighted by Gasteiger charge is 2.60. The molecule has 2 saturated heterocycles. The molecule has 21 heavy (non-hydrogen) atoms. The molecule has 4 atom stereocenters. The lowest BCUT2D eigenvalue weighted by Gasteiger charge is -2.34. The summed E-state index contributed by atoms with van der Waals surface area (Å²) in [7, 11) is 0. The fourth-order valence-electron chi connectivity index (χ4n) is 4.41. The molecular weight excluding hydrogens is 258 g/mol. The summed E-state index contributed by atoms with van der Waals surface area (Å²) in [5.74, 6) is 0.653. The number of ether oxygens (including phenoxy) is 1. The Labute approximate surface area is 127 Å². The molecule has 0 radical (unpaired) electrons. The van der Waals surface area contributed by atoms with E-state index >= 15 is 0 Å². The van der Waals surface area contributed by atoms with Gasteiger partial charge in [-0.3, -0.25) is 4.90 Å². The van der Waals surface area contributed by atoms with Crippen molar-refractivity contribution in [2.24, 2.45) is 5.92 Å². The van der Waals surface area contributed by atoms with Crippen molar-refractivity contribution in [2.75, 3.05) is 6.54 Å². The van der Waals surface area contributed by atoms with Crippen molar-refractivity contribution in [3.8, 4) is 0 Å². The van der Waals surface area contributed by atoms with Gasteiger partial charge in [0.2, 0.25) is 0 Å². The molecule has 2 unspecified atom stereocenters. The first-order valence-corrected chi connectivity index (χ1v) is 7.97. The summed E-state index contributed by atoms with van der Waals surface area (Å²) < 4.78 is 6.37. The Morgan fingerprint density at radius 2 is 2.19 bits per heavy atom. The molecule has 0 amide bonds. The van der Waals surface area contributed by atoms with Crippen LogP contribution in [0.3, 0.4) is 0 Å². The summed E-state index contributed by atoms with van der Waals surface area (Å²) in [6.07, 6.45) is 7.20. The third kappa shape index (κ3) is 2.09. The van der Waals surface area contributed by atoms with Crippen LogP contribution >= 0.6 is 0 Å². The number of hydrogen-bond acceptors (Lipinski definition) is 2. The number of nitrogens with zero attached hydrogens (tertiary/aromatic N) is 1. The zero-order valence-electron chi connectivity index (χ0n) is 12.7. The normalized spacial score (nSPS) is 37.1. The molecule has 0 N–H and O–H groups in total. The molecule has 0 aromatic heterocycles. The van der Waals surface area contributed by atoms with Crippen molar-refractivity contribution in [3.63, 3.8) is 0 Å². The van der Waals surface area contributed by atoms with Gasteiger partial charge in [0.25, 0.3) is 0 Å². The fraction of sp³-hybridized carbons (Fsp3) is 0.474. The molecule has 1 aromatic rings. The van der Waals surface area contributed by atoms with Crippen molar-refractivity contribution in [2.45, 2.75) is 44.1 Å². The molecule has 2 heteroatoms. The van der Waals surface area contributed by atoms with Gasteiger partial charge in [-0.05, 0) is 25.3 Å². The number of likely N-dealkylation sites (tertiary alicyclic amines) is 1. The first-order valence-electron chi connectivity index (χ1n) is 7.97. The quantitative estimate of drug-likeness (QED) is 0.783. The Bertz CT molecular complexity index is 578. The minimum Gasteiger partial charge on any atom is -0.362 e. The van der Waals surface area contributed by atoms with Crippen molar-refractivity contribution in [3.05, 3.63) is 60.2 Å². The second kappa shape index (κ2) is 4.82. The van der Waals surface area contributed by atoms with Gasteiger partial charge in [0.1, 0.15) is 5.60 Å². The van der Waals surface area contributed by atoms with Gasteiger partial charge >= 0.3 is 0 Å². The molecular formula is C19H23NO. The minimum absolute atomic E-state index is 0.0433. The number of fused-ring (bicyclic) bond motifs is 1. The Morgan fingerprint density at radius 1 is 1.38 bits per heavy atom. The summed E-state index contributed by atoms with van der Waals surface area (Å²) in [6, 6.07) is 11.2. The molecule has 3 heterocycles. The summed E-state index contributed by atoms with van der Waals surface area (Å²) in [5, 5.41) is 0. The molecule has 110 valence electrons. The van der Waals surface area contributed by atoms with Crippen molar-refractivity contribution in [1.29, 1.82) is 0 Å². The molecule has 2 fully saturated rings. The van der Waals surface area contributed by atoms with Crippen LogP contribution in [0.15, 0.2) is 54.6 Å². The van der Waals surface area contributed by atoms with Gasteiger partial charge in [-0.15, -0.1) is 6.58 Å². The molecule has 2 nitrogen and oxygen atoms in total. The number of benzene rings is 1. The number of rotatable bonds is 4. The average Bonchev–Trinajstić information content (AvgIpc) is 3.10. The summed E-state index contributed by atoms with van der Waals surface area (Å²) >= 11 is 0. The second-order valence-corrected chi connectivity index (χ2v) is 6.89. The average molecular weight is 281 g/mol. The molecule has 1 aromatic carbocycles. The highest BCUT2D eigenvalue weighted by molar-refractivity contribution is 5.29. The molecule has 0 aliphatic carbocycles. The van der Waals surface area contributed by atoms with Crippen LogP contribution in [0.2, 0.25) is 0 Å². The monoisotopic (exact) mass is 281 g/mol. The van der Waals surface area contributed by atoms with Crippen LogP contribution in [0.5, 0.6) is 0 Å². The number of hydrogen-bond donors (Lipinski definition) is 0. The van der Waals surface area contributed by atoms with E-state index in [-0.39, 0.29) is 5.60 Å². The van der Waals surface area contributed by atoms with Gasteiger partial charge in [-0.2, -0.15) is 0 Å². The third-order valence-electron chi connectivity index (χ3n) is 5.27. The van der Waals surface area contributed by atoms with E-state index in [9.17, 15) is 0 Å². The van der Waals surface area contributed by atoms with Gasteiger partial charge in [0, 0.05) is 25.0 Å². The minimum atomic E-state index is -0.0433. The lowest BCUT2D eigenvalue weighted by molar-refractivity contribution is -0.0123. The van der Waals surface area contributed by atoms with Crippen LogP contribution in [0.1, 0.15) is 25.3 Å². The van der Waals surface area contributed by atoms with Crippen molar-refractivity contribution < 1.29 is 4.74 Å². The summed E-state index contributed by atoms with van der Waals surface area (Å²) in [5.41, 5.74) is 2.60. The van der Waals surface area contributed by atoms with Crippen LogP contribution in [-0.2, 0) is 11.3 Å². The van der Waals surface area contributed by atoms with Crippen molar-refractivity contribution in [1.82, 2.24) is 4.90 Å². The Morgan fingerprint density at radius 3 is 2.90 bits per heavy atom. The van der Waals surface area contributed by atoms with Gasteiger partial charge < -0.3 is 4.74 Å². The highest BCUT2D eigenvalue weighted by Crippen LogP contribution is 2.52. The van der Waals surface area contributed by atoms with E-state index in [0.717, 1.165) is 19.5 Å². The van der Waals surface area contributed by atoms with E-state index in [0.29, 0.717) is 18.1 Å². The SMILES string of the molecule is C=C(C)CC1N(Cc2ccccc2)CC2C[C@H]3C=C[C@]21O3. The van der Waals surface area contributed by atoms with Gasteiger partial charge in [0.15, 0.2) is 0 Å². The topological polar surface area (TPSA) is 12.5 Å². The largest absolute Gasteiger partial charge is 0.362 e. The van der Waals surface area contributed by atoms with E-state index < -0.39 is 0 Å². The zero-order chi connectivity index (χ0) is 14.4. The predicted octanol–water partition coefficient (Wildman–Crippen LogP) is 3.55. The standard InChI is InChI=1S/C19H23NO/c1-14(2)10-18-19-9-8-17(21-19)11-16(19)13-20(18)12-15-6-4-3-5-7-15/h3-9,16-18H,1,10-13H2,2H3/t16?,17-,18?,19+/m1/s1. The lowest BCUT2D eigenvalue weighted by atomic mass is 9.80. The lowest BCUT2D eigenvalue weighted by Crippen LogP contribution is -2.44. The molecule has 4 rings (SSSR count). The van der Waals surface area contributed by atoms with Crippen LogP contribution in [0, 0.1) is 5.92 Å². The van der Waals surface area contributed by atoms with E-state index in [2.05, 4.69) is 60.9 Å². The molecule has 0 saturated carbocycles. The maximum absolute atomic E-state index is 6.37. The van der Waals surface area contributed by atoms with Crippen LogP contribution in [-0.4, -0.2) is 29.2 Å². The fourth-order valence-corrected chi connectivity index (χ4v) is 4.41. The zero-order valence-corrected chi connectivity index (χ0v) is 12.7. The van der Waals surface area contributed by atoms with E-state index in [1.807, 2.05) is 0 Å². The molecule has 3 aliphatic heterocycles. The Hall–Kier alpha value is -1.38. The molecule has 3 aliphatic rings. The van der Waals surface area contributed by atoms with E-state index in [4.69, 9.17) is 4.74 Å². The summed E-state index contributed by atoms with van der Waals surface area (Å²) in [4.78, 5) is 2.61. The third-order valence-corrected chi connectivity index (χ3v) is 5.27. The maximum atomic E-state index is 6.37. The first-order chi connectivity index (χ1) is 10.2. The Balaban J connectivity index is 1.62. The second-order valence-electron chi connectivity index (χ2n) is 6.89. The van der Waals surface area contributed by atoms with Crippen LogP contribution < -0.4 is 0 Å². The van der Waals surface area contributed by atoms with Gasteiger partial charge in [-0.1, -0.05) is 48.1 Å². The van der Waals surface area contributed by atoms with Gasteiger partial charge in [-0.25, -0.2) is 0 Å². The highest BCUT2D eigenvalue weighted by atomic mass is 16.5. The van der Waals surface area contributed by atoms with Crippen LogP contribution in [0.25, 0.3) is 0 Å². The summed E-state index contributed by atoms with van der Waals surface area (Å²) in [6.45, 7) is 8.44.